The average molecular weight is 632 g/mol. The van der Waals surface area contributed by atoms with E-state index in [1.165, 1.54) is 89.9 Å². The fourth-order valence-electron chi connectivity index (χ4n) is 5.64. The molecule has 0 aromatic carbocycles. The lowest BCUT2D eigenvalue weighted by molar-refractivity contribution is -0.304. The van der Waals surface area contributed by atoms with Crippen LogP contribution in [-0.2, 0) is 23.9 Å². The molecular weight excluding hydrogens is 566 g/mol. The van der Waals surface area contributed by atoms with Gasteiger partial charge in [-0.2, -0.15) is 0 Å². The number of ether oxygens (including phenoxy) is 2. The van der Waals surface area contributed by atoms with Crippen LogP contribution >= 0.6 is 0 Å². The van der Waals surface area contributed by atoms with Crippen molar-refractivity contribution in [1.82, 2.24) is 5.48 Å². The van der Waals surface area contributed by atoms with E-state index < -0.39 is 49.3 Å². The van der Waals surface area contributed by atoms with Gasteiger partial charge in [0.15, 0.2) is 12.4 Å². The van der Waals surface area contributed by atoms with Crippen molar-refractivity contribution in [3.63, 3.8) is 0 Å². The van der Waals surface area contributed by atoms with Crippen LogP contribution in [0.15, 0.2) is 0 Å². The van der Waals surface area contributed by atoms with Crippen LogP contribution in [0.5, 0.6) is 0 Å². The van der Waals surface area contributed by atoms with Gasteiger partial charge < -0.3 is 29.9 Å². The van der Waals surface area contributed by atoms with E-state index in [-0.39, 0.29) is 12.4 Å². The molecule has 0 aromatic rings. The molecule has 10 nitrogen and oxygen atoms in total. The molecule has 1 fully saturated rings. The van der Waals surface area contributed by atoms with Gasteiger partial charge in [-0.05, 0) is 19.3 Å². The van der Waals surface area contributed by atoms with Crippen LogP contribution in [-0.4, -0.2) is 75.7 Å². The number of aliphatic hydroxyl groups excluding tert-OH is 4. The summed E-state index contributed by atoms with van der Waals surface area (Å²) in [5.74, 6) is -0.883. The third kappa shape index (κ3) is 19.3. The Kier molecular flexibility index (Phi) is 24.9. The van der Waals surface area contributed by atoms with Gasteiger partial charge in [0.2, 0.25) is 5.91 Å². The molecule has 0 aliphatic carbocycles. The molecule has 5 N–H and O–H groups in total. The first-order chi connectivity index (χ1) is 21.3. The van der Waals surface area contributed by atoms with E-state index in [1.54, 1.807) is 0 Å². The molecule has 10 heteroatoms. The Balaban J connectivity index is 2.42. The van der Waals surface area contributed by atoms with E-state index in [9.17, 15) is 30.0 Å². The number of esters is 1. The van der Waals surface area contributed by atoms with Crippen molar-refractivity contribution < 1.29 is 44.3 Å². The van der Waals surface area contributed by atoms with Gasteiger partial charge in [-0.15, -0.1) is 0 Å². The topological polar surface area (TPSA) is 155 Å². The van der Waals surface area contributed by atoms with Crippen molar-refractivity contribution in [2.45, 2.75) is 198 Å². The van der Waals surface area contributed by atoms with Gasteiger partial charge in [-0.1, -0.05) is 129 Å². The van der Waals surface area contributed by atoms with Crippen molar-refractivity contribution in [2.24, 2.45) is 0 Å². The molecule has 1 aliphatic rings. The molecule has 6 atom stereocenters. The third-order valence-corrected chi connectivity index (χ3v) is 8.48. The minimum atomic E-state index is -1.66. The summed E-state index contributed by atoms with van der Waals surface area (Å²) in [6.07, 6.45) is 16.4. The van der Waals surface area contributed by atoms with Gasteiger partial charge >= 0.3 is 5.97 Å². The number of hydrogen-bond acceptors (Lipinski definition) is 9. The molecule has 44 heavy (non-hydrogen) atoms. The van der Waals surface area contributed by atoms with E-state index in [4.69, 9.17) is 14.3 Å². The number of hydroxylamine groups is 1. The zero-order valence-corrected chi connectivity index (χ0v) is 27.8. The fraction of sp³-hybridized carbons (Fsp3) is 0.941. The molecule has 1 rings (SSSR count). The number of rotatable bonds is 28. The molecule has 1 aliphatic heterocycles. The highest BCUT2D eigenvalue weighted by molar-refractivity contribution is 5.76. The number of hydrogen-bond donors (Lipinski definition) is 5. The van der Waals surface area contributed by atoms with Crippen LogP contribution in [0.1, 0.15) is 162 Å². The van der Waals surface area contributed by atoms with E-state index in [1.807, 2.05) is 0 Å². The Morgan fingerprint density at radius 3 is 1.68 bits per heavy atom. The summed E-state index contributed by atoms with van der Waals surface area (Å²) in [7, 11) is 0. The number of unbranched alkanes of at least 4 members (excludes halogenated alkanes) is 18. The molecule has 1 saturated heterocycles. The summed E-state index contributed by atoms with van der Waals surface area (Å²) in [6, 6.07) is 0. The standard InChI is InChI=1S/C34H65NO9/c1-3-5-7-9-11-13-14-16-18-20-22-24-30(38)42-27(23-21-19-17-15-12-10-8-6-4-2)25-29(37)35-44-33-32(40)31(39)28(26-36)43-34(33)41/h27-28,31-34,36,39-41H,3-26H2,1-2H3,(H,35,37)/t27-,28-,31-,32+,33-,34-/m1/s1. The first-order valence-corrected chi connectivity index (χ1v) is 17.8. The van der Waals surface area contributed by atoms with Crippen molar-refractivity contribution in [2.75, 3.05) is 6.61 Å². The molecule has 0 saturated carbocycles. The zero-order valence-electron chi connectivity index (χ0n) is 27.8. The molecule has 1 heterocycles. The number of carbonyl (C=O) groups is 2. The molecule has 0 spiro atoms. The minimum absolute atomic E-state index is 0.122. The number of aliphatic hydroxyl groups is 4. The second-order valence-corrected chi connectivity index (χ2v) is 12.6. The van der Waals surface area contributed by atoms with E-state index in [0.717, 1.165) is 38.5 Å². The van der Waals surface area contributed by atoms with Gasteiger partial charge in [0.1, 0.15) is 24.4 Å². The van der Waals surface area contributed by atoms with Crippen LogP contribution < -0.4 is 5.48 Å². The predicted octanol–water partition coefficient (Wildman–Crippen LogP) is 5.76. The third-order valence-electron chi connectivity index (χ3n) is 8.48. The largest absolute Gasteiger partial charge is 0.462 e. The number of carbonyl (C=O) groups excluding carboxylic acids is 2. The first kappa shape index (κ1) is 40.7. The Morgan fingerprint density at radius 1 is 0.705 bits per heavy atom. The summed E-state index contributed by atoms with van der Waals surface area (Å²) in [5.41, 5.74) is 2.19. The molecule has 0 bridgehead atoms. The van der Waals surface area contributed by atoms with Gasteiger partial charge in [-0.3, -0.25) is 14.4 Å². The van der Waals surface area contributed by atoms with Crippen LogP contribution in [0.3, 0.4) is 0 Å². The Labute approximate surface area is 266 Å². The SMILES string of the molecule is CCCCCCCCCCCCCC(=O)O[C@H](CCCCCCCCCCC)CC(=O)NO[C@@H]1[C@@H](O)[C@H](O)[C@@H](CO)O[C@H]1O. The van der Waals surface area contributed by atoms with Gasteiger partial charge in [0.05, 0.1) is 13.0 Å². The quantitative estimate of drug-likeness (QED) is 0.0412. The van der Waals surface area contributed by atoms with Crippen LogP contribution in [0.2, 0.25) is 0 Å². The lowest BCUT2D eigenvalue weighted by Gasteiger charge is -2.39. The summed E-state index contributed by atoms with van der Waals surface area (Å²) < 4.78 is 10.8. The molecule has 1 amide bonds. The van der Waals surface area contributed by atoms with Crippen LogP contribution in [0, 0.1) is 0 Å². The maximum Gasteiger partial charge on any atom is 0.306 e. The highest BCUT2D eigenvalue weighted by Crippen LogP contribution is 2.22. The first-order valence-electron chi connectivity index (χ1n) is 17.8. The van der Waals surface area contributed by atoms with Crippen molar-refractivity contribution >= 4 is 11.9 Å². The van der Waals surface area contributed by atoms with E-state index >= 15 is 0 Å². The Hall–Kier alpha value is -1.30. The molecule has 0 aromatic heterocycles. The van der Waals surface area contributed by atoms with Crippen LogP contribution in [0.25, 0.3) is 0 Å². The highest BCUT2D eigenvalue weighted by Gasteiger charge is 2.45. The fourth-order valence-corrected chi connectivity index (χ4v) is 5.64. The van der Waals surface area contributed by atoms with Gasteiger partial charge in [-0.25, -0.2) is 5.48 Å². The maximum absolute atomic E-state index is 12.7. The lowest BCUT2D eigenvalue weighted by atomic mass is 9.99. The summed E-state index contributed by atoms with van der Waals surface area (Å²) in [4.78, 5) is 30.5. The van der Waals surface area contributed by atoms with Crippen molar-refractivity contribution in [1.29, 1.82) is 0 Å². The molecule has 0 unspecified atom stereocenters. The monoisotopic (exact) mass is 631 g/mol. The number of nitrogens with one attached hydrogen (secondary N) is 1. The van der Waals surface area contributed by atoms with E-state index in [2.05, 4.69) is 19.3 Å². The van der Waals surface area contributed by atoms with Crippen molar-refractivity contribution in [3.05, 3.63) is 0 Å². The van der Waals surface area contributed by atoms with Gasteiger partial charge in [0, 0.05) is 6.42 Å². The predicted molar refractivity (Wildman–Crippen MR) is 170 cm³/mol. The normalized spacial score (nSPS) is 22.5. The smallest absolute Gasteiger partial charge is 0.306 e. The lowest BCUT2D eigenvalue weighted by Crippen LogP contribution is -2.60. The zero-order chi connectivity index (χ0) is 32.4. The average Bonchev–Trinajstić information content (AvgIpc) is 3.00. The van der Waals surface area contributed by atoms with Crippen LogP contribution in [0.4, 0.5) is 0 Å². The molecular formula is C34H65NO9. The molecule has 260 valence electrons. The van der Waals surface area contributed by atoms with E-state index in [0.29, 0.717) is 12.8 Å². The second-order valence-electron chi connectivity index (χ2n) is 12.6. The van der Waals surface area contributed by atoms with Gasteiger partial charge in [0.25, 0.3) is 0 Å². The molecule has 0 radical (unpaired) electrons. The highest BCUT2D eigenvalue weighted by atomic mass is 16.7. The Bertz CT molecular complexity index is 710. The summed E-state index contributed by atoms with van der Waals surface area (Å²) in [5, 5.41) is 39.5. The number of amides is 1. The van der Waals surface area contributed by atoms with Crippen molar-refractivity contribution in [3.8, 4) is 0 Å². The summed E-state index contributed by atoms with van der Waals surface area (Å²) >= 11 is 0. The second kappa shape index (κ2) is 26.9. The maximum atomic E-state index is 12.7. The minimum Gasteiger partial charge on any atom is -0.462 e. The Morgan fingerprint density at radius 2 is 1.18 bits per heavy atom. The summed E-state index contributed by atoms with van der Waals surface area (Å²) in [6.45, 7) is 3.85.